The van der Waals surface area contributed by atoms with Crippen molar-refractivity contribution >= 4 is 45.1 Å². The number of carbonyl (C=O) groups is 3. The predicted molar refractivity (Wildman–Crippen MR) is 122 cm³/mol. The van der Waals surface area contributed by atoms with Gasteiger partial charge < -0.3 is 15.4 Å². The summed E-state index contributed by atoms with van der Waals surface area (Å²) in [4.78, 5) is 40.3. The first-order valence-corrected chi connectivity index (χ1v) is 11.9. The predicted octanol–water partition coefficient (Wildman–Crippen LogP) is 2.07. The fourth-order valence-electron chi connectivity index (χ4n) is 2.75. The minimum Gasteiger partial charge on any atom is -0.451 e. The van der Waals surface area contributed by atoms with Crippen LogP contribution in [0.1, 0.15) is 31.1 Å². The molecule has 178 valence electrons. The molecule has 0 aliphatic rings. The fourth-order valence-corrected chi connectivity index (χ4v) is 4.38. The van der Waals surface area contributed by atoms with Gasteiger partial charge in [-0.1, -0.05) is 25.4 Å². The Hall–Kier alpha value is -3.02. The van der Waals surface area contributed by atoms with Crippen molar-refractivity contribution in [2.45, 2.75) is 31.8 Å². The molecular weight excluding hydrogens is 472 g/mol. The molecule has 0 aliphatic heterocycles. The summed E-state index contributed by atoms with van der Waals surface area (Å²) < 4.78 is 31.3. The lowest BCUT2D eigenvalue weighted by atomic mass is 10.2. The van der Waals surface area contributed by atoms with Crippen molar-refractivity contribution in [3.63, 3.8) is 0 Å². The Balaban J connectivity index is 1.89. The number of esters is 1. The molecule has 1 aromatic carbocycles. The zero-order valence-electron chi connectivity index (χ0n) is 18.4. The molecule has 1 atom stereocenters. The van der Waals surface area contributed by atoms with E-state index < -0.39 is 40.5 Å². The van der Waals surface area contributed by atoms with Gasteiger partial charge in [0.05, 0.1) is 10.6 Å². The van der Waals surface area contributed by atoms with Crippen LogP contribution in [-0.2, 0) is 24.3 Å². The van der Waals surface area contributed by atoms with Gasteiger partial charge in [-0.3, -0.25) is 14.4 Å². The molecule has 0 saturated heterocycles. The number of amides is 2. The number of benzene rings is 1. The normalized spacial score (nSPS) is 12.2. The number of carbonyl (C=O) groups excluding carboxylic acids is 3. The van der Waals surface area contributed by atoms with E-state index in [1.54, 1.807) is 26.0 Å². The van der Waals surface area contributed by atoms with Crippen LogP contribution in [0.4, 0.5) is 5.69 Å². The molecule has 0 radical (unpaired) electrons. The number of ether oxygens (including phenoxy) is 1. The minimum absolute atomic E-state index is 0.0655. The van der Waals surface area contributed by atoms with Gasteiger partial charge in [0.25, 0.3) is 11.8 Å². The van der Waals surface area contributed by atoms with Crippen LogP contribution in [0.15, 0.2) is 47.5 Å². The molecule has 0 aliphatic carbocycles. The number of sulfonamides is 1. The van der Waals surface area contributed by atoms with Gasteiger partial charge in [-0.2, -0.15) is 4.31 Å². The van der Waals surface area contributed by atoms with E-state index in [1.165, 1.54) is 41.7 Å². The van der Waals surface area contributed by atoms with Crippen molar-refractivity contribution < 1.29 is 27.5 Å². The van der Waals surface area contributed by atoms with Crippen LogP contribution in [0.25, 0.3) is 0 Å². The van der Waals surface area contributed by atoms with Gasteiger partial charge in [0, 0.05) is 24.8 Å². The lowest BCUT2D eigenvalue weighted by molar-refractivity contribution is -0.152. The number of nitrogens with zero attached hydrogens (tertiary/aromatic N) is 2. The molecule has 10 nitrogen and oxygen atoms in total. The smallest absolute Gasteiger partial charge is 0.326 e. The molecule has 1 aromatic heterocycles. The van der Waals surface area contributed by atoms with Crippen molar-refractivity contribution in [1.82, 2.24) is 14.6 Å². The lowest BCUT2D eigenvalue weighted by Gasteiger charge is -2.18. The fraction of sp³-hybridized carbons (Fsp3) is 0.333. The topological polar surface area (TPSA) is 135 Å². The van der Waals surface area contributed by atoms with Gasteiger partial charge in [-0.25, -0.2) is 13.4 Å². The van der Waals surface area contributed by atoms with Gasteiger partial charge in [0.2, 0.25) is 10.0 Å². The lowest BCUT2D eigenvalue weighted by Crippen LogP contribution is -2.36. The average molecular weight is 497 g/mol. The maximum atomic E-state index is 12.5. The van der Waals surface area contributed by atoms with Crippen molar-refractivity contribution in [2.75, 3.05) is 25.0 Å². The highest BCUT2D eigenvalue weighted by atomic mass is 35.5. The Labute approximate surface area is 197 Å². The quantitative estimate of drug-likeness (QED) is 0.379. The summed E-state index contributed by atoms with van der Waals surface area (Å²) in [6.07, 6.45) is 0.317. The van der Waals surface area contributed by atoms with Crippen molar-refractivity contribution in [3.05, 3.63) is 53.3 Å². The standard InChI is InChI=1S/C21H25ClN4O6S/c1-4-26(5-2)33(30,31)16-10-8-15(9-11-16)21(29)24-13-18(27)32-14(3)20(28)25-17-7-6-12-23-19(17)22/h6-12,14H,4-5,13H2,1-3H3,(H,24,29)(H,25,28). The number of hydrogen-bond acceptors (Lipinski definition) is 7. The number of rotatable bonds is 10. The molecule has 33 heavy (non-hydrogen) atoms. The molecular formula is C21H25ClN4O6S. The number of hydrogen-bond donors (Lipinski definition) is 2. The second-order valence-corrected chi connectivity index (χ2v) is 9.06. The highest BCUT2D eigenvalue weighted by Gasteiger charge is 2.22. The third-order valence-corrected chi connectivity index (χ3v) is 6.91. The minimum atomic E-state index is -3.64. The second-order valence-electron chi connectivity index (χ2n) is 6.76. The molecule has 2 amide bonds. The molecule has 0 fully saturated rings. The maximum absolute atomic E-state index is 12.5. The van der Waals surface area contributed by atoms with Gasteiger partial charge in [0.1, 0.15) is 6.54 Å². The first kappa shape index (κ1) is 26.2. The zero-order chi connectivity index (χ0) is 24.6. The summed E-state index contributed by atoms with van der Waals surface area (Å²) in [7, 11) is -3.64. The Morgan fingerprint density at radius 3 is 2.33 bits per heavy atom. The summed E-state index contributed by atoms with van der Waals surface area (Å²) in [6.45, 7) is 5.02. The van der Waals surface area contributed by atoms with E-state index in [-0.39, 0.29) is 21.3 Å². The van der Waals surface area contributed by atoms with Crippen molar-refractivity contribution in [1.29, 1.82) is 0 Å². The molecule has 0 bridgehead atoms. The van der Waals surface area contributed by atoms with E-state index in [2.05, 4.69) is 15.6 Å². The number of pyridine rings is 1. The van der Waals surface area contributed by atoms with Crippen molar-refractivity contribution in [2.24, 2.45) is 0 Å². The van der Waals surface area contributed by atoms with Crippen LogP contribution in [0.2, 0.25) is 5.15 Å². The maximum Gasteiger partial charge on any atom is 0.326 e. The third kappa shape index (κ3) is 6.98. The van der Waals surface area contributed by atoms with Crippen LogP contribution < -0.4 is 10.6 Å². The molecule has 2 aromatic rings. The van der Waals surface area contributed by atoms with Crippen LogP contribution in [0.3, 0.4) is 0 Å². The largest absolute Gasteiger partial charge is 0.451 e. The average Bonchev–Trinajstić information content (AvgIpc) is 2.79. The molecule has 2 N–H and O–H groups in total. The molecule has 0 spiro atoms. The van der Waals surface area contributed by atoms with E-state index in [0.717, 1.165) is 0 Å². The zero-order valence-corrected chi connectivity index (χ0v) is 19.9. The van der Waals surface area contributed by atoms with Crippen LogP contribution in [0, 0.1) is 0 Å². The number of halogens is 1. The number of nitrogens with one attached hydrogen (secondary N) is 2. The van der Waals surface area contributed by atoms with E-state index in [9.17, 15) is 22.8 Å². The second kappa shape index (κ2) is 11.7. The number of anilines is 1. The van der Waals surface area contributed by atoms with Crippen LogP contribution in [0.5, 0.6) is 0 Å². The summed E-state index contributed by atoms with van der Waals surface area (Å²) in [5, 5.41) is 4.95. The highest BCUT2D eigenvalue weighted by Crippen LogP contribution is 2.18. The van der Waals surface area contributed by atoms with Gasteiger partial charge in [-0.05, 0) is 43.3 Å². The van der Waals surface area contributed by atoms with Gasteiger partial charge in [0.15, 0.2) is 11.3 Å². The third-order valence-electron chi connectivity index (χ3n) is 4.55. The Bertz CT molecular complexity index is 1100. The van der Waals surface area contributed by atoms with E-state index in [1.807, 2.05) is 0 Å². The molecule has 0 saturated carbocycles. The van der Waals surface area contributed by atoms with Crippen LogP contribution >= 0.6 is 11.6 Å². The van der Waals surface area contributed by atoms with Gasteiger partial charge >= 0.3 is 5.97 Å². The molecule has 2 rings (SSSR count). The first-order chi connectivity index (χ1) is 15.6. The summed E-state index contributed by atoms with van der Waals surface area (Å²) in [6, 6.07) is 8.49. The molecule has 1 heterocycles. The van der Waals surface area contributed by atoms with Crippen LogP contribution in [-0.4, -0.2) is 61.2 Å². The monoisotopic (exact) mass is 496 g/mol. The number of aromatic nitrogens is 1. The summed E-state index contributed by atoms with van der Waals surface area (Å²) in [5.41, 5.74) is 0.435. The summed E-state index contributed by atoms with van der Waals surface area (Å²) >= 11 is 5.87. The molecule has 12 heteroatoms. The van der Waals surface area contributed by atoms with E-state index in [4.69, 9.17) is 16.3 Å². The van der Waals surface area contributed by atoms with Crippen molar-refractivity contribution in [3.8, 4) is 0 Å². The summed E-state index contributed by atoms with van der Waals surface area (Å²) in [5.74, 6) is -2.04. The Morgan fingerprint density at radius 1 is 1.12 bits per heavy atom. The Kier molecular flexibility index (Phi) is 9.32. The highest BCUT2D eigenvalue weighted by molar-refractivity contribution is 7.89. The van der Waals surface area contributed by atoms with Gasteiger partial charge in [-0.15, -0.1) is 0 Å². The SMILES string of the molecule is CCN(CC)S(=O)(=O)c1ccc(C(=O)NCC(=O)OC(C)C(=O)Nc2cccnc2Cl)cc1. The first-order valence-electron chi connectivity index (χ1n) is 10.1. The van der Waals surface area contributed by atoms with E-state index in [0.29, 0.717) is 13.1 Å². The molecule has 1 unspecified atom stereocenters. The van der Waals surface area contributed by atoms with E-state index >= 15 is 0 Å². The Morgan fingerprint density at radius 2 is 1.76 bits per heavy atom.